The van der Waals surface area contributed by atoms with Crippen LogP contribution in [0.15, 0.2) is 77.7 Å². The van der Waals surface area contributed by atoms with Gasteiger partial charge in [0.05, 0.1) is 5.39 Å². The van der Waals surface area contributed by atoms with Crippen molar-refractivity contribution >= 4 is 22.5 Å². The molecular formula is C19H14N4O. The Morgan fingerprint density at radius 2 is 1.58 bits per heavy atom. The van der Waals surface area contributed by atoms with E-state index < -0.39 is 5.69 Å². The fraction of sp³-hybridized carbons (Fsp3) is 0. The number of fused-ring (bicyclic) bond motifs is 1. The van der Waals surface area contributed by atoms with Crippen molar-refractivity contribution in [3.8, 4) is 11.1 Å². The van der Waals surface area contributed by atoms with Crippen LogP contribution in [0.25, 0.3) is 22.2 Å². The molecule has 0 saturated carbocycles. The van der Waals surface area contributed by atoms with Crippen LogP contribution in [0.4, 0.5) is 11.5 Å². The normalized spacial score (nSPS) is 10.7. The number of hydrogen-bond donors (Lipinski definition) is 2. The summed E-state index contributed by atoms with van der Waals surface area (Å²) in [5.41, 5.74) is 3.17. The van der Waals surface area contributed by atoms with Crippen molar-refractivity contribution in [2.75, 3.05) is 5.32 Å². The van der Waals surface area contributed by atoms with Crippen LogP contribution < -0.4 is 11.0 Å². The highest BCUT2D eigenvalue weighted by Crippen LogP contribution is 2.24. The van der Waals surface area contributed by atoms with Crippen LogP contribution in [0, 0.1) is 0 Å². The molecule has 2 N–H and O–H groups in total. The predicted molar refractivity (Wildman–Crippen MR) is 95.3 cm³/mol. The maximum Gasteiger partial charge on any atom is 0.348 e. The molecule has 0 radical (unpaired) electrons. The molecule has 2 heterocycles. The van der Waals surface area contributed by atoms with E-state index >= 15 is 0 Å². The number of nitrogens with one attached hydrogen (secondary N) is 2. The number of nitrogens with zero attached hydrogens (tertiary/aromatic N) is 2. The number of H-pyrrole nitrogens is 1. The lowest BCUT2D eigenvalue weighted by Crippen LogP contribution is -2.13. The number of aromatic amines is 1. The average molecular weight is 314 g/mol. The lowest BCUT2D eigenvalue weighted by Gasteiger charge is -2.09. The van der Waals surface area contributed by atoms with Gasteiger partial charge in [0.25, 0.3) is 0 Å². The lowest BCUT2D eigenvalue weighted by atomic mass is 10.1. The Hall–Kier alpha value is -3.47. The van der Waals surface area contributed by atoms with Gasteiger partial charge in [-0.1, -0.05) is 42.5 Å². The van der Waals surface area contributed by atoms with Crippen LogP contribution in [0.2, 0.25) is 0 Å². The summed E-state index contributed by atoms with van der Waals surface area (Å²) in [5, 5.41) is 4.00. The van der Waals surface area contributed by atoms with Crippen LogP contribution in [-0.4, -0.2) is 15.0 Å². The number of hydrogen-bond acceptors (Lipinski definition) is 4. The molecule has 4 aromatic rings. The van der Waals surface area contributed by atoms with Gasteiger partial charge < -0.3 is 5.32 Å². The van der Waals surface area contributed by atoms with Gasteiger partial charge >= 0.3 is 5.69 Å². The van der Waals surface area contributed by atoms with Gasteiger partial charge in [0.2, 0.25) is 0 Å². The summed E-state index contributed by atoms with van der Waals surface area (Å²) in [7, 11) is 0. The predicted octanol–water partition coefficient (Wildman–Crippen LogP) is 3.73. The fourth-order valence-corrected chi connectivity index (χ4v) is 2.60. The van der Waals surface area contributed by atoms with Crippen molar-refractivity contribution in [1.29, 1.82) is 0 Å². The molecule has 0 bridgehead atoms. The van der Waals surface area contributed by atoms with Gasteiger partial charge in [0, 0.05) is 11.9 Å². The minimum atomic E-state index is -0.426. The Balaban J connectivity index is 1.68. The molecule has 0 saturated heterocycles. The second kappa shape index (κ2) is 5.96. The molecular weight excluding hydrogens is 300 g/mol. The molecule has 0 fully saturated rings. The van der Waals surface area contributed by atoms with Crippen LogP contribution in [0.1, 0.15) is 0 Å². The van der Waals surface area contributed by atoms with Gasteiger partial charge in [0.1, 0.15) is 5.82 Å². The molecule has 24 heavy (non-hydrogen) atoms. The zero-order valence-electron chi connectivity index (χ0n) is 12.7. The third-order valence-corrected chi connectivity index (χ3v) is 3.76. The van der Waals surface area contributed by atoms with E-state index in [1.165, 1.54) is 0 Å². The largest absolute Gasteiger partial charge is 0.348 e. The first-order valence-corrected chi connectivity index (χ1v) is 7.57. The highest BCUT2D eigenvalue weighted by molar-refractivity contribution is 5.88. The number of anilines is 2. The zero-order valence-corrected chi connectivity index (χ0v) is 12.7. The number of pyridine rings is 1. The molecule has 0 spiro atoms. The van der Waals surface area contributed by atoms with Crippen molar-refractivity contribution in [1.82, 2.24) is 15.0 Å². The third-order valence-electron chi connectivity index (χ3n) is 3.76. The minimum absolute atomic E-state index is 0.421. The van der Waals surface area contributed by atoms with Crippen molar-refractivity contribution in [3.63, 3.8) is 0 Å². The molecule has 0 aliphatic carbocycles. The second-order valence-corrected chi connectivity index (χ2v) is 5.36. The van der Waals surface area contributed by atoms with Crippen LogP contribution in [0.3, 0.4) is 0 Å². The zero-order chi connectivity index (χ0) is 16.4. The van der Waals surface area contributed by atoms with Crippen LogP contribution in [0.5, 0.6) is 0 Å². The van der Waals surface area contributed by atoms with E-state index in [-0.39, 0.29) is 0 Å². The van der Waals surface area contributed by atoms with Gasteiger partial charge in [-0.2, -0.15) is 4.98 Å². The molecule has 5 nitrogen and oxygen atoms in total. The molecule has 0 atom stereocenters. The van der Waals surface area contributed by atoms with E-state index in [1.807, 2.05) is 54.6 Å². The first-order chi connectivity index (χ1) is 11.8. The second-order valence-electron chi connectivity index (χ2n) is 5.36. The van der Waals surface area contributed by atoms with Crippen LogP contribution in [-0.2, 0) is 0 Å². The van der Waals surface area contributed by atoms with Crippen molar-refractivity contribution in [3.05, 3.63) is 83.4 Å². The summed E-state index contributed by atoms with van der Waals surface area (Å²) < 4.78 is 0. The standard InChI is InChI=1S/C19H14N4O/c24-19-22-17-16(7-4-12-20-17)18(23-19)21-15-10-8-14(9-11-15)13-5-2-1-3-6-13/h1-12H,(H2,20,21,22,23,24). The molecule has 4 rings (SSSR count). The van der Waals surface area contributed by atoms with E-state index in [0.29, 0.717) is 11.5 Å². The maximum absolute atomic E-state index is 11.7. The Labute approximate surface area is 138 Å². The lowest BCUT2D eigenvalue weighted by molar-refractivity contribution is 1.10. The highest BCUT2D eigenvalue weighted by atomic mass is 16.1. The Bertz CT molecular complexity index is 1040. The first-order valence-electron chi connectivity index (χ1n) is 7.57. The van der Waals surface area contributed by atoms with E-state index in [4.69, 9.17) is 0 Å². The van der Waals surface area contributed by atoms with E-state index in [0.717, 1.165) is 22.2 Å². The smallest absolute Gasteiger partial charge is 0.341 e. The van der Waals surface area contributed by atoms with Gasteiger partial charge in [-0.25, -0.2) is 9.78 Å². The topological polar surface area (TPSA) is 70.7 Å². The SMILES string of the molecule is O=c1nc2ncccc2c(Nc2ccc(-c3ccccc3)cc2)[nH]1. The maximum atomic E-state index is 11.7. The number of aromatic nitrogens is 3. The molecule has 0 unspecified atom stereocenters. The molecule has 5 heteroatoms. The van der Waals surface area contributed by atoms with Gasteiger partial charge in [-0.3, -0.25) is 4.98 Å². The molecule has 0 aliphatic rings. The molecule has 2 aromatic heterocycles. The summed E-state index contributed by atoms with van der Waals surface area (Å²) in [6.07, 6.45) is 1.62. The van der Waals surface area contributed by atoms with E-state index in [1.54, 1.807) is 6.20 Å². The number of rotatable bonds is 3. The van der Waals surface area contributed by atoms with Crippen molar-refractivity contribution in [2.45, 2.75) is 0 Å². The van der Waals surface area contributed by atoms with Crippen LogP contribution >= 0.6 is 0 Å². The Kier molecular flexibility index (Phi) is 3.51. The summed E-state index contributed by atoms with van der Waals surface area (Å²) in [6.45, 7) is 0. The molecule has 0 aliphatic heterocycles. The minimum Gasteiger partial charge on any atom is -0.341 e. The molecule has 2 aromatic carbocycles. The monoisotopic (exact) mass is 314 g/mol. The van der Waals surface area contributed by atoms with Gasteiger partial charge in [-0.15, -0.1) is 0 Å². The first kappa shape index (κ1) is 14.1. The quantitative estimate of drug-likeness (QED) is 0.604. The van der Waals surface area contributed by atoms with Gasteiger partial charge in [-0.05, 0) is 35.4 Å². The van der Waals surface area contributed by atoms with E-state index in [2.05, 4.69) is 32.4 Å². The van der Waals surface area contributed by atoms with Gasteiger partial charge in [0.15, 0.2) is 5.65 Å². The molecule has 116 valence electrons. The fourth-order valence-electron chi connectivity index (χ4n) is 2.60. The van der Waals surface area contributed by atoms with Crippen molar-refractivity contribution < 1.29 is 0 Å². The average Bonchev–Trinajstić information content (AvgIpc) is 2.63. The molecule has 0 amide bonds. The number of benzene rings is 2. The summed E-state index contributed by atoms with van der Waals surface area (Å²) in [4.78, 5) is 22.4. The van der Waals surface area contributed by atoms with Crippen molar-refractivity contribution in [2.24, 2.45) is 0 Å². The third kappa shape index (κ3) is 2.75. The Morgan fingerprint density at radius 1 is 0.833 bits per heavy atom. The van der Waals surface area contributed by atoms with E-state index in [9.17, 15) is 4.79 Å². The summed E-state index contributed by atoms with van der Waals surface area (Å²) >= 11 is 0. The Morgan fingerprint density at radius 3 is 2.38 bits per heavy atom. The summed E-state index contributed by atoms with van der Waals surface area (Å²) in [6, 6.07) is 21.9. The summed E-state index contributed by atoms with van der Waals surface area (Å²) in [5.74, 6) is 0.588. The highest BCUT2D eigenvalue weighted by Gasteiger charge is 2.06.